The molecule has 0 atom stereocenters. The third kappa shape index (κ3) is 5.13. The monoisotopic (exact) mass is 715 g/mol. The molecule has 0 radical (unpaired) electrons. The van der Waals surface area contributed by atoms with Gasteiger partial charge < -0.3 is 4.57 Å². The first-order valence-electron chi connectivity index (χ1n) is 18.9. The van der Waals surface area contributed by atoms with Gasteiger partial charge in [0.2, 0.25) is 5.95 Å². The molecule has 11 rings (SSSR count). The van der Waals surface area contributed by atoms with Crippen LogP contribution < -0.4 is 0 Å². The molecule has 0 N–H and O–H groups in total. The van der Waals surface area contributed by atoms with Gasteiger partial charge in [-0.15, -0.1) is 0 Å². The average Bonchev–Trinajstić information content (AvgIpc) is 3.80. The molecule has 56 heavy (non-hydrogen) atoms. The summed E-state index contributed by atoms with van der Waals surface area (Å²) in [7, 11) is 0. The van der Waals surface area contributed by atoms with Gasteiger partial charge in [-0.05, 0) is 64.7 Å². The molecule has 0 unspecified atom stereocenters. The van der Waals surface area contributed by atoms with Crippen molar-refractivity contribution in [1.29, 1.82) is 0 Å². The molecule has 3 aromatic heterocycles. The number of para-hydroxylation sites is 4. The SMILES string of the molecule is c1ccc(-c2cccc(-c3nc(-c4ccccc4-n4c5ccccc5c5c(-c6ccccc6)cccc54)nc(-n4c5ccccc5c5ccccc54)n3)c2)cc1. The van der Waals surface area contributed by atoms with Gasteiger partial charge in [-0.25, -0.2) is 4.98 Å². The van der Waals surface area contributed by atoms with Crippen LogP contribution in [0.2, 0.25) is 0 Å². The Morgan fingerprint density at radius 1 is 0.304 bits per heavy atom. The Labute approximate surface area is 323 Å². The number of aromatic nitrogens is 5. The first-order valence-corrected chi connectivity index (χ1v) is 18.9. The lowest BCUT2D eigenvalue weighted by Crippen LogP contribution is -2.07. The highest BCUT2D eigenvalue weighted by Crippen LogP contribution is 2.41. The third-order valence-electron chi connectivity index (χ3n) is 10.8. The van der Waals surface area contributed by atoms with Crippen LogP contribution in [0.25, 0.3) is 100 Å². The van der Waals surface area contributed by atoms with Gasteiger partial charge in [0, 0.05) is 32.7 Å². The highest BCUT2D eigenvalue weighted by Gasteiger charge is 2.22. The summed E-state index contributed by atoms with van der Waals surface area (Å²) in [4.78, 5) is 16.0. The van der Waals surface area contributed by atoms with Gasteiger partial charge in [-0.3, -0.25) is 4.57 Å². The van der Waals surface area contributed by atoms with Gasteiger partial charge in [0.15, 0.2) is 11.6 Å². The van der Waals surface area contributed by atoms with E-state index in [0.29, 0.717) is 17.6 Å². The molecule has 0 spiro atoms. The zero-order chi connectivity index (χ0) is 37.0. The average molecular weight is 716 g/mol. The fraction of sp³-hybridized carbons (Fsp3) is 0. The molecule has 0 saturated heterocycles. The maximum Gasteiger partial charge on any atom is 0.238 e. The first kappa shape index (κ1) is 31.9. The summed E-state index contributed by atoms with van der Waals surface area (Å²) >= 11 is 0. The molecule has 5 nitrogen and oxygen atoms in total. The maximum absolute atomic E-state index is 5.38. The lowest BCUT2D eigenvalue weighted by Gasteiger charge is -2.15. The standard InChI is InChI=1S/C51H33N5/c1-3-17-34(18-4-1)36-21-15-22-37(33-36)49-52-50(54-51(53-49)56-43-28-11-7-23-39(43)40-24-8-12-29-44(40)56)42-26-10-14-31-46(42)55-45-30-13-9-25-41(45)48-38(27-16-32-47(48)55)35-19-5-2-6-20-35/h1-33H. The van der Waals surface area contributed by atoms with Crippen LogP contribution in [-0.4, -0.2) is 24.1 Å². The van der Waals surface area contributed by atoms with Crippen LogP contribution in [0.1, 0.15) is 0 Å². The van der Waals surface area contributed by atoms with Crippen molar-refractivity contribution in [2.75, 3.05) is 0 Å². The van der Waals surface area contributed by atoms with Crippen LogP contribution >= 0.6 is 0 Å². The van der Waals surface area contributed by atoms with E-state index in [1.165, 1.54) is 21.9 Å². The van der Waals surface area contributed by atoms with Crippen molar-refractivity contribution in [3.8, 4) is 56.7 Å². The van der Waals surface area contributed by atoms with Gasteiger partial charge in [0.1, 0.15) is 0 Å². The van der Waals surface area contributed by atoms with E-state index in [1.54, 1.807) is 0 Å². The molecule has 8 aromatic carbocycles. The van der Waals surface area contributed by atoms with Gasteiger partial charge >= 0.3 is 0 Å². The molecule has 262 valence electrons. The molecule has 5 heteroatoms. The molecule has 0 saturated carbocycles. The van der Waals surface area contributed by atoms with E-state index < -0.39 is 0 Å². The Hall–Kier alpha value is -7.63. The number of nitrogens with zero attached hydrogens (tertiary/aromatic N) is 5. The summed E-state index contributed by atoms with van der Waals surface area (Å²) in [6, 6.07) is 70.3. The van der Waals surface area contributed by atoms with Crippen molar-refractivity contribution in [2.24, 2.45) is 0 Å². The second-order valence-electron chi connectivity index (χ2n) is 14.0. The van der Waals surface area contributed by atoms with Crippen molar-refractivity contribution in [1.82, 2.24) is 24.1 Å². The minimum Gasteiger partial charge on any atom is -0.308 e. The van der Waals surface area contributed by atoms with Gasteiger partial charge in [0.05, 0.1) is 27.8 Å². The van der Waals surface area contributed by atoms with Crippen molar-refractivity contribution >= 4 is 43.6 Å². The Morgan fingerprint density at radius 2 is 0.804 bits per heavy atom. The molecule has 3 heterocycles. The van der Waals surface area contributed by atoms with Crippen molar-refractivity contribution in [2.45, 2.75) is 0 Å². The van der Waals surface area contributed by atoms with E-state index in [2.05, 4.69) is 203 Å². The molecular weight excluding hydrogens is 683 g/mol. The Morgan fingerprint density at radius 3 is 1.54 bits per heavy atom. The summed E-state index contributed by atoms with van der Waals surface area (Å²) in [6.45, 7) is 0. The molecule has 0 amide bonds. The summed E-state index contributed by atoms with van der Waals surface area (Å²) in [6.07, 6.45) is 0. The van der Waals surface area contributed by atoms with Crippen LogP contribution in [0.3, 0.4) is 0 Å². The number of fused-ring (bicyclic) bond motifs is 6. The fourth-order valence-electron chi connectivity index (χ4n) is 8.32. The Bertz CT molecular complexity index is 3200. The van der Waals surface area contributed by atoms with Crippen LogP contribution in [0.15, 0.2) is 200 Å². The lowest BCUT2D eigenvalue weighted by atomic mass is 9.99. The molecule has 0 fully saturated rings. The number of hydrogen-bond acceptors (Lipinski definition) is 3. The van der Waals surface area contributed by atoms with Crippen LogP contribution in [0.4, 0.5) is 0 Å². The van der Waals surface area contributed by atoms with Crippen LogP contribution in [-0.2, 0) is 0 Å². The second-order valence-corrected chi connectivity index (χ2v) is 14.0. The second kappa shape index (κ2) is 13.0. The smallest absolute Gasteiger partial charge is 0.238 e. The third-order valence-corrected chi connectivity index (χ3v) is 10.8. The number of benzene rings is 8. The van der Waals surface area contributed by atoms with E-state index in [4.69, 9.17) is 15.0 Å². The van der Waals surface area contributed by atoms with Gasteiger partial charge in [-0.2, -0.15) is 9.97 Å². The molecule has 0 aliphatic heterocycles. The topological polar surface area (TPSA) is 48.5 Å². The highest BCUT2D eigenvalue weighted by atomic mass is 15.2. The summed E-state index contributed by atoms with van der Waals surface area (Å²) < 4.78 is 4.54. The van der Waals surface area contributed by atoms with Crippen molar-refractivity contribution in [3.05, 3.63) is 200 Å². The Balaban J connectivity index is 1.19. The zero-order valence-corrected chi connectivity index (χ0v) is 30.3. The molecule has 0 aliphatic rings. The van der Waals surface area contributed by atoms with Gasteiger partial charge in [0.25, 0.3) is 0 Å². The van der Waals surface area contributed by atoms with E-state index >= 15 is 0 Å². The summed E-state index contributed by atoms with van der Waals surface area (Å²) in [5, 5.41) is 4.70. The quantitative estimate of drug-likeness (QED) is 0.172. The minimum atomic E-state index is 0.566. The molecule has 0 bridgehead atoms. The summed E-state index contributed by atoms with van der Waals surface area (Å²) in [5.41, 5.74) is 11.8. The first-order chi connectivity index (χ1) is 27.8. The van der Waals surface area contributed by atoms with Gasteiger partial charge in [-0.1, -0.05) is 158 Å². The predicted octanol–water partition coefficient (Wildman–Crippen LogP) is 12.7. The number of rotatable bonds is 6. The van der Waals surface area contributed by atoms with Crippen LogP contribution in [0.5, 0.6) is 0 Å². The molecular formula is C51H33N5. The van der Waals surface area contributed by atoms with Crippen molar-refractivity contribution in [3.63, 3.8) is 0 Å². The fourth-order valence-corrected chi connectivity index (χ4v) is 8.32. The van der Waals surface area contributed by atoms with E-state index in [-0.39, 0.29) is 0 Å². The minimum absolute atomic E-state index is 0.566. The largest absolute Gasteiger partial charge is 0.308 e. The normalized spacial score (nSPS) is 11.6. The number of hydrogen-bond donors (Lipinski definition) is 0. The maximum atomic E-state index is 5.38. The zero-order valence-electron chi connectivity index (χ0n) is 30.3. The predicted molar refractivity (Wildman–Crippen MR) is 230 cm³/mol. The Kier molecular flexibility index (Phi) is 7.42. The van der Waals surface area contributed by atoms with E-state index in [1.807, 2.05) is 6.07 Å². The van der Waals surface area contributed by atoms with Crippen LogP contribution in [0, 0.1) is 0 Å². The van der Waals surface area contributed by atoms with E-state index in [0.717, 1.165) is 60.8 Å². The highest BCUT2D eigenvalue weighted by molar-refractivity contribution is 6.16. The van der Waals surface area contributed by atoms with Crippen molar-refractivity contribution < 1.29 is 0 Å². The van der Waals surface area contributed by atoms with E-state index in [9.17, 15) is 0 Å². The molecule has 11 aromatic rings. The summed E-state index contributed by atoms with van der Waals surface area (Å²) in [5.74, 6) is 1.77. The molecule has 0 aliphatic carbocycles. The lowest BCUT2D eigenvalue weighted by molar-refractivity contribution is 0.952.